The van der Waals surface area contributed by atoms with Crippen molar-refractivity contribution in [3.05, 3.63) is 28.4 Å². The lowest BCUT2D eigenvalue weighted by atomic mass is 10.2. The summed E-state index contributed by atoms with van der Waals surface area (Å²) >= 11 is 3.55. The monoisotopic (exact) mass is 340 g/mol. The number of hydrogen-bond donors (Lipinski definition) is 0. The molecule has 0 radical (unpaired) electrons. The van der Waals surface area contributed by atoms with Gasteiger partial charge in [-0.2, -0.15) is 5.10 Å². The highest BCUT2D eigenvalue weighted by atomic mass is 79.9. The van der Waals surface area contributed by atoms with Gasteiger partial charge in [-0.1, -0.05) is 35.6 Å². The number of fused-ring (bicyclic) bond motifs is 1. The molecule has 0 spiro atoms. The minimum absolute atomic E-state index is 0.537. The highest BCUT2D eigenvalue weighted by molar-refractivity contribution is 9.10. The molecule has 0 aliphatic heterocycles. The van der Waals surface area contributed by atoms with Gasteiger partial charge in [0.1, 0.15) is 6.73 Å². The number of ether oxygens (including phenoxy) is 1. The quantitative estimate of drug-likeness (QED) is 0.595. The Labute approximate surface area is 124 Å². The van der Waals surface area contributed by atoms with Gasteiger partial charge in [-0.3, -0.25) is 0 Å². The van der Waals surface area contributed by atoms with E-state index < -0.39 is 8.07 Å². The zero-order valence-electron chi connectivity index (χ0n) is 12.0. The molecule has 2 rings (SSSR count). The van der Waals surface area contributed by atoms with Gasteiger partial charge in [0.05, 0.1) is 11.7 Å². The van der Waals surface area contributed by atoms with Gasteiger partial charge in [0.25, 0.3) is 0 Å². The van der Waals surface area contributed by atoms with Gasteiger partial charge in [0.15, 0.2) is 0 Å². The van der Waals surface area contributed by atoms with Gasteiger partial charge in [-0.15, -0.1) is 0 Å². The average Bonchev–Trinajstić information content (AvgIpc) is 2.67. The summed E-state index contributed by atoms with van der Waals surface area (Å²) < 4.78 is 8.81. The summed E-state index contributed by atoms with van der Waals surface area (Å²) in [5, 5.41) is 5.54. The Hall–Kier alpha value is -0.653. The van der Waals surface area contributed by atoms with Crippen LogP contribution in [-0.4, -0.2) is 24.5 Å². The van der Waals surface area contributed by atoms with Crippen LogP contribution in [0.5, 0.6) is 0 Å². The number of aromatic nitrogens is 2. The molecule has 1 aromatic heterocycles. The van der Waals surface area contributed by atoms with Crippen LogP contribution in [0, 0.1) is 6.92 Å². The first kappa shape index (κ1) is 14.7. The number of rotatable bonds is 5. The van der Waals surface area contributed by atoms with Crippen LogP contribution in [0.15, 0.2) is 22.8 Å². The van der Waals surface area contributed by atoms with Crippen LogP contribution in [0.4, 0.5) is 0 Å². The molecule has 2 aromatic rings. The van der Waals surface area contributed by atoms with Crippen molar-refractivity contribution < 1.29 is 4.74 Å². The van der Waals surface area contributed by atoms with E-state index in [-0.39, 0.29) is 0 Å². The van der Waals surface area contributed by atoms with E-state index in [9.17, 15) is 0 Å². The van der Waals surface area contributed by atoms with Crippen molar-refractivity contribution in [1.29, 1.82) is 0 Å². The molecule has 0 unspecified atom stereocenters. The van der Waals surface area contributed by atoms with Crippen molar-refractivity contribution in [2.45, 2.75) is 39.3 Å². The maximum atomic E-state index is 5.76. The van der Waals surface area contributed by atoms with Crippen molar-refractivity contribution in [2.24, 2.45) is 0 Å². The predicted octanol–water partition coefficient (Wildman–Crippen LogP) is 4.42. The molecule has 19 heavy (non-hydrogen) atoms. The Kier molecular flexibility index (Phi) is 4.48. The van der Waals surface area contributed by atoms with Crippen LogP contribution in [-0.2, 0) is 11.5 Å². The van der Waals surface area contributed by atoms with E-state index in [1.54, 1.807) is 0 Å². The van der Waals surface area contributed by atoms with Crippen LogP contribution >= 0.6 is 15.9 Å². The minimum Gasteiger partial charge on any atom is -0.360 e. The van der Waals surface area contributed by atoms with Crippen LogP contribution in [0.2, 0.25) is 25.7 Å². The smallest absolute Gasteiger partial charge is 0.139 e. The highest BCUT2D eigenvalue weighted by Gasteiger charge is 2.12. The third-order valence-corrected chi connectivity index (χ3v) is 5.69. The van der Waals surface area contributed by atoms with Crippen molar-refractivity contribution in [3.63, 3.8) is 0 Å². The van der Waals surface area contributed by atoms with Crippen LogP contribution in [0.1, 0.15) is 5.56 Å². The van der Waals surface area contributed by atoms with Crippen LogP contribution in [0.3, 0.4) is 0 Å². The molecule has 3 nitrogen and oxygen atoms in total. The molecule has 0 atom stereocenters. The van der Waals surface area contributed by atoms with Crippen molar-refractivity contribution in [2.75, 3.05) is 6.61 Å². The Morgan fingerprint density at radius 3 is 2.74 bits per heavy atom. The van der Waals surface area contributed by atoms with E-state index in [0.717, 1.165) is 22.0 Å². The van der Waals surface area contributed by atoms with E-state index in [2.05, 4.69) is 59.7 Å². The molecule has 5 heteroatoms. The fourth-order valence-electron chi connectivity index (χ4n) is 1.83. The van der Waals surface area contributed by atoms with Gasteiger partial charge in [0, 0.05) is 24.5 Å². The second kappa shape index (κ2) is 5.77. The molecule has 0 N–H and O–H groups in total. The summed E-state index contributed by atoms with van der Waals surface area (Å²) in [5.74, 6) is 0. The van der Waals surface area contributed by atoms with Gasteiger partial charge in [-0.05, 0) is 30.7 Å². The molecule has 104 valence electrons. The largest absolute Gasteiger partial charge is 0.360 e. The molecule has 0 bridgehead atoms. The van der Waals surface area contributed by atoms with E-state index in [0.29, 0.717) is 6.73 Å². The highest BCUT2D eigenvalue weighted by Crippen LogP contribution is 2.23. The fourth-order valence-corrected chi connectivity index (χ4v) is 2.95. The van der Waals surface area contributed by atoms with Gasteiger partial charge >= 0.3 is 0 Å². The molecule has 1 aromatic carbocycles. The maximum absolute atomic E-state index is 5.76. The molecular formula is C14H21BrN2OSi. The number of hydrogen-bond acceptors (Lipinski definition) is 2. The third kappa shape index (κ3) is 3.90. The SMILES string of the molecule is Cc1cc2c(cnn2COCC[Si](C)(C)C)cc1Br. The molecule has 1 heterocycles. The first-order chi connectivity index (χ1) is 8.87. The summed E-state index contributed by atoms with van der Waals surface area (Å²) in [6, 6.07) is 5.45. The lowest BCUT2D eigenvalue weighted by molar-refractivity contribution is 0.0817. The number of nitrogens with zero attached hydrogens (tertiary/aromatic N) is 2. The predicted molar refractivity (Wildman–Crippen MR) is 86.3 cm³/mol. The summed E-state index contributed by atoms with van der Waals surface area (Å²) in [6.07, 6.45) is 1.89. The third-order valence-electron chi connectivity index (χ3n) is 3.13. The van der Waals surface area contributed by atoms with Crippen molar-refractivity contribution in [1.82, 2.24) is 9.78 Å². The Morgan fingerprint density at radius 2 is 2.05 bits per heavy atom. The standard InChI is InChI=1S/C14H21BrN2OSi/c1-11-7-14-12(8-13(11)15)9-16-17(14)10-18-5-6-19(2,3)4/h7-9H,5-6,10H2,1-4H3. The normalized spacial score (nSPS) is 12.3. The lowest BCUT2D eigenvalue weighted by Gasteiger charge is -2.15. The van der Waals surface area contributed by atoms with E-state index in [1.807, 2.05) is 10.9 Å². The number of aryl methyl sites for hydroxylation is 1. The van der Waals surface area contributed by atoms with Crippen LogP contribution in [0.25, 0.3) is 10.9 Å². The molecule has 0 aliphatic rings. The van der Waals surface area contributed by atoms with Gasteiger partial charge in [-0.25, -0.2) is 4.68 Å². The molecule has 0 fully saturated rings. The summed E-state index contributed by atoms with van der Waals surface area (Å²) in [7, 11) is -1.01. The molecule has 0 aliphatic carbocycles. The Balaban J connectivity index is 2.03. The maximum Gasteiger partial charge on any atom is 0.139 e. The molecule has 0 amide bonds. The minimum atomic E-state index is -1.01. The van der Waals surface area contributed by atoms with E-state index in [1.165, 1.54) is 11.6 Å². The van der Waals surface area contributed by atoms with Crippen LogP contribution < -0.4 is 0 Å². The van der Waals surface area contributed by atoms with Gasteiger partial charge < -0.3 is 4.74 Å². The number of halogens is 1. The fraction of sp³-hybridized carbons (Fsp3) is 0.500. The summed E-state index contributed by atoms with van der Waals surface area (Å²) in [5.41, 5.74) is 2.35. The Morgan fingerprint density at radius 1 is 1.32 bits per heavy atom. The molecular weight excluding hydrogens is 320 g/mol. The van der Waals surface area contributed by atoms with Crippen molar-refractivity contribution in [3.8, 4) is 0 Å². The summed E-state index contributed by atoms with van der Waals surface area (Å²) in [6.45, 7) is 10.5. The number of benzene rings is 1. The topological polar surface area (TPSA) is 27.1 Å². The molecule has 0 saturated carbocycles. The summed E-state index contributed by atoms with van der Waals surface area (Å²) in [4.78, 5) is 0. The zero-order chi connectivity index (χ0) is 14.0. The molecule has 0 saturated heterocycles. The zero-order valence-corrected chi connectivity index (χ0v) is 14.6. The second-order valence-corrected chi connectivity index (χ2v) is 12.6. The Bertz CT molecular complexity index is 575. The van der Waals surface area contributed by atoms with Gasteiger partial charge in [0.2, 0.25) is 0 Å². The first-order valence-electron chi connectivity index (χ1n) is 6.56. The average molecular weight is 341 g/mol. The second-order valence-electron chi connectivity index (χ2n) is 6.15. The first-order valence-corrected chi connectivity index (χ1v) is 11.1. The van der Waals surface area contributed by atoms with Crippen molar-refractivity contribution >= 4 is 34.9 Å². The lowest BCUT2D eigenvalue weighted by Crippen LogP contribution is -2.22. The van der Waals surface area contributed by atoms with E-state index in [4.69, 9.17) is 4.74 Å². The van der Waals surface area contributed by atoms with E-state index >= 15 is 0 Å².